The van der Waals surface area contributed by atoms with E-state index >= 15 is 0 Å². The minimum atomic E-state index is 0.849. The van der Waals surface area contributed by atoms with Gasteiger partial charge in [-0.1, -0.05) is 6.92 Å². The molecular weight excluding hydrogens is 198 g/mol. The molecule has 1 heterocycles. The number of nitrogens with zero attached hydrogens (tertiary/aromatic N) is 2. The lowest BCUT2D eigenvalue weighted by Crippen LogP contribution is -2.09. The molecule has 3 nitrogen and oxygen atoms in total. The quantitative estimate of drug-likeness (QED) is 0.827. The molecule has 1 aromatic heterocycles. The van der Waals surface area contributed by atoms with E-state index in [2.05, 4.69) is 36.1 Å². The summed E-state index contributed by atoms with van der Waals surface area (Å²) in [5.74, 6) is 2.91. The Labute approximate surface area is 97.7 Å². The van der Waals surface area contributed by atoms with Gasteiger partial charge in [-0.25, -0.2) is 9.97 Å². The molecule has 0 spiro atoms. The fourth-order valence-electron chi connectivity index (χ4n) is 1.97. The van der Waals surface area contributed by atoms with Crippen molar-refractivity contribution in [3.05, 3.63) is 17.1 Å². The molecule has 1 aromatic rings. The molecule has 0 unspecified atom stereocenters. The van der Waals surface area contributed by atoms with Gasteiger partial charge in [0.05, 0.1) is 0 Å². The van der Waals surface area contributed by atoms with Gasteiger partial charge in [0.2, 0.25) is 0 Å². The van der Waals surface area contributed by atoms with E-state index in [1.54, 1.807) is 0 Å². The van der Waals surface area contributed by atoms with Crippen molar-refractivity contribution in [2.45, 2.75) is 46.5 Å². The van der Waals surface area contributed by atoms with Crippen LogP contribution < -0.4 is 5.32 Å². The van der Waals surface area contributed by atoms with Crippen molar-refractivity contribution < 1.29 is 0 Å². The van der Waals surface area contributed by atoms with Crippen molar-refractivity contribution in [1.29, 1.82) is 0 Å². The summed E-state index contributed by atoms with van der Waals surface area (Å²) in [6.07, 6.45) is 4.76. The lowest BCUT2D eigenvalue weighted by Gasteiger charge is -2.12. The normalized spacial score (nSPS) is 15.2. The molecule has 0 bridgehead atoms. The van der Waals surface area contributed by atoms with Crippen LogP contribution in [0.4, 0.5) is 5.82 Å². The van der Waals surface area contributed by atoms with Crippen LogP contribution in [0, 0.1) is 12.8 Å². The topological polar surface area (TPSA) is 37.8 Å². The molecule has 16 heavy (non-hydrogen) atoms. The maximum Gasteiger partial charge on any atom is 0.132 e. The molecule has 2 rings (SSSR count). The molecule has 1 fully saturated rings. The van der Waals surface area contributed by atoms with Gasteiger partial charge in [0.1, 0.15) is 11.6 Å². The van der Waals surface area contributed by atoms with Crippen LogP contribution in [0.15, 0.2) is 0 Å². The average Bonchev–Trinajstić information content (AvgIpc) is 3.07. The molecule has 0 saturated heterocycles. The van der Waals surface area contributed by atoms with Gasteiger partial charge in [0, 0.05) is 24.2 Å². The smallest absolute Gasteiger partial charge is 0.132 e. The Hall–Kier alpha value is -1.12. The maximum absolute atomic E-state index is 4.66. The van der Waals surface area contributed by atoms with Crippen molar-refractivity contribution in [2.75, 3.05) is 11.9 Å². The Morgan fingerprint density at radius 1 is 1.25 bits per heavy atom. The number of aryl methyl sites for hydroxylation is 1. The minimum absolute atomic E-state index is 0.849. The number of hydrogen-bond acceptors (Lipinski definition) is 3. The largest absolute Gasteiger partial charge is 0.370 e. The highest BCUT2D eigenvalue weighted by atomic mass is 15.0. The molecular formula is C13H21N3. The van der Waals surface area contributed by atoms with Gasteiger partial charge in [0.25, 0.3) is 0 Å². The molecule has 1 aliphatic carbocycles. The van der Waals surface area contributed by atoms with Crippen molar-refractivity contribution in [3.63, 3.8) is 0 Å². The third-order valence-corrected chi connectivity index (χ3v) is 3.14. The molecule has 1 saturated carbocycles. The standard InChI is InChI=1S/C13H21N3/c1-4-11-9(3)13(14-5-2)16-12(15-11)8-10-6-7-10/h10H,4-8H2,1-3H3,(H,14,15,16). The van der Waals surface area contributed by atoms with Gasteiger partial charge in [-0.3, -0.25) is 0 Å². The first-order chi connectivity index (χ1) is 7.74. The van der Waals surface area contributed by atoms with Crippen molar-refractivity contribution in [3.8, 4) is 0 Å². The lowest BCUT2D eigenvalue weighted by molar-refractivity contribution is 0.754. The first-order valence-electron chi connectivity index (χ1n) is 6.34. The number of anilines is 1. The average molecular weight is 219 g/mol. The monoisotopic (exact) mass is 219 g/mol. The van der Waals surface area contributed by atoms with E-state index in [-0.39, 0.29) is 0 Å². The highest BCUT2D eigenvalue weighted by molar-refractivity contribution is 5.45. The zero-order chi connectivity index (χ0) is 11.5. The van der Waals surface area contributed by atoms with Crippen LogP contribution in [0.2, 0.25) is 0 Å². The zero-order valence-corrected chi connectivity index (χ0v) is 10.5. The van der Waals surface area contributed by atoms with Crippen LogP contribution in [-0.2, 0) is 12.8 Å². The predicted molar refractivity (Wildman–Crippen MR) is 66.7 cm³/mol. The van der Waals surface area contributed by atoms with E-state index in [9.17, 15) is 0 Å². The molecule has 0 amide bonds. The first-order valence-corrected chi connectivity index (χ1v) is 6.34. The third kappa shape index (κ3) is 2.52. The number of nitrogens with one attached hydrogen (secondary N) is 1. The van der Waals surface area contributed by atoms with Gasteiger partial charge in [-0.15, -0.1) is 0 Å². The molecule has 0 radical (unpaired) electrons. The molecule has 0 aliphatic heterocycles. The SMILES string of the molecule is CCNc1nc(CC2CC2)nc(CC)c1C. The van der Waals surface area contributed by atoms with Crippen molar-refractivity contribution in [1.82, 2.24) is 9.97 Å². The van der Waals surface area contributed by atoms with E-state index in [0.29, 0.717) is 0 Å². The highest BCUT2D eigenvalue weighted by Crippen LogP contribution is 2.32. The number of rotatable bonds is 5. The van der Waals surface area contributed by atoms with Crippen molar-refractivity contribution >= 4 is 5.82 Å². The summed E-state index contributed by atoms with van der Waals surface area (Å²) in [5, 5.41) is 3.33. The summed E-state index contributed by atoms with van der Waals surface area (Å²) < 4.78 is 0. The summed E-state index contributed by atoms with van der Waals surface area (Å²) in [5.41, 5.74) is 2.41. The second-order valence-corrected chi connectivity index (χ2v) is 4.59. The Bertz CT molecular complexity index is 370. The first kappa shape index (κ1) is 11.4. The fraction of sp³-hybridized carbons (Fsp3) is 0.692. The van der Waals surface area contributed by atoms with E-state index in [1.807, 2.05) is 0 Å². The Kier molecular flexibility index (Phi) is 3.42. The molecule has 88 valence electrons. The second-order valence-electron chi connectivity index (χ2n) is 4.59. The Balaban J connectivity index is 2.26. The van der Waals surface area contributed by atoms with Crippen LogP contribution in [0.25, 0.3) is 0 Å². The predicted octanol–water partition coefficient (Wildman–Crippen LogP) is 2.73. The third-order valence-electron chi connectivity index (χ3n) is 3.14. The summed E-state index contributed by atoms with van der Waals surface area (Å²) in [6.45, 7) is 7.29. The van der Waals surface area contributed by atoms with Crippen molar-refractivity contribution in [2.24, 2.45) is 5.92 Å². The summed E-state index contributed by atoms with van der Waals surface area (Å²) in [7, 11) is 0. The maximum atomic E-state index is 4.66. The van der Waals surface area contributed by atoms with Crippen LogP contribution in [0.1, 0.15) is 43.8 Å². The van der Waals surface area contributed by atoms with E-state index in [1.165, 1.54) is 24.1 Å². The zero-order valence-electron chi connectivity index (χ0n) is 10.5. The van der Waals surface area contributed by atoms with Crippen LogP contribution in [0.5, 0.6) is 0 Å². The Morgan fingerprint density at radius 2 is 2.00 bits per heavy atom. The summed E-state index contributed by atoms with van der Waals surface area (Å²) >= 11 is 0. The van der Waals surface area contributed by atoms with Crippen LogP contribution in [0.3, 0.4) is 0 Å². The second kappa shape index (κ2) is 4.81. The minimum Gasteiger partial charge on any atom is -0.370 e. The highest BCUT2D eigenvalue weighted by Gasteiger charge is 2.23. The van der Waals surface area contributed by atoms with E-state index in [4.69, 9.17) is 0 Å². The van der Waals surface area contributed by atoms with Gasteiger partial charge in [-0.2, -0.15) is 0 Å². The molecule has 0 aromatic carbocycles. The van der Waals surface area contributed by atoms with Gasteiger partial charge in [-0.05, 0) is 39.0 Å². The van der Waals surface area contributed by atoms with Gasteiger partial charge in [0.15, 0.2) is 0 Å². The van der Waals surface area contributed by atoms with E-state index < -0.39 is 0 Å². The molecule has 1 aliphatic rings. The van der Waals surface area contributed by atoms with Crippen LogP contribution >= 0.6 is 0 Å². The lowest BCUT2D eigenvalue weighted by atomic mass is 10.1. The summed E-state index contributed by atoms with van der Waals surface area (Å²) in [6, 6.07) is 0. The van der Waals surface area contributed by atoms with Crippen LogP contribution in [-0.4, -0.2) is 16.5 Å². The molecule has 3 heteroatoms. The van der Waals surface area contributed by atoms with Gasteiger partial charge >= 0.3 is 0 Å². The molecule has 1 N–H and O–H groups in total. The van der Waals surface area contributed by atoms with E-state index in [0.717, 1.165) is 36.9 Å². The Morgan fingerprint density at radius 3 is 2.56 bits per heavy atom. The number of aromatic nitrogens is 2. The molecule has 0 atom stereocenters. The summed E-state index contributed by atoms with van der Waals surface area (Å²) in [4.78, 5) is 9.29. The van der Waals surface area contributed by atoms with Gasteiger partial charge < -0.3 is 5.32 Å². The fourth-order valence-corrected chi connectivity index (χ4v) is 1.97. The number of hydrogen-bond donors (Lipinski definition) is 1.